The summed E-state index contributed by atoms with van der Waals surface area (Å²) in [7, 11) is 0. The Balaban J connectivity index is 1.44. The third-order valence-corrected chi connectivity index (χ3v) is 7.04. The van der Waals surface area contributed by atoms with E-state index in [0.29, 0.717) is 17.7 Å². The number of ketones is 1. The molecule has 0 unspecified atom stereocenters. The maximum atomic E-state index is 13.4. The Morgan fingerprint density at radius 3 is 2.02 bits per heavy atom. The average molecular weight is 588 g/mol. The lowest BCUT2D eigenvalue weighted by atomic mass is 10.1. The molecule has 0 atom stereocenters. The molecular weight excluding hydrogens is 542 g/mol. The highest BCUT2D eigenvalue weighted by molar-refractivity contribution is 5.98. The van der Waals surface area contributed by atoms with Gasteiger partial charge in [-0.15, -0.1) is 0 Å². The summed E-state index contributed by atoms with van der Waals surface area (Å²) in [6.07, 6.45) is 7.51. The second kappa shape index (κ2) is 19.4. The monoisotopic (exact) mass is 587 g/mol. The molecule has 0 saturated heterocycles. The highest BCUT2D eigenvalue weighted by Crippen LogP contribution is 2.23. The summed E-state index contributed by atoms with van der Waals surface area (Å²) < 4.78 is 16.2. The van der Waals surface area contributed by atoms with E-state index in [1.807, 2.05) is 24.3 Å². The average Bonchev–Trinajstić information content (AvgIpc) is 3.00. The zero-order valence-electron chi connectivity index (χ0n) is 25.6. The van der Waals surface area contributed by atoms with Crippen molar-refractivity contribution in [3.63, 3.8) is 0 Å². The van der Waals surface area contributed by atoms with Crippen LogP contribution < -0.4 is 4.74 Å². The summed E-state index contributed by atoms with van der Waals surface area (Å²) >= 11 is 0. The number of carbonyl (C=O) groups excluding carboxylic acids is 3. The minimum absolute atomic E-state index is 0.0463. The molecule has 3 aromatic rings. The molecule has 0 saturated carbocycles. The number of nitrogens with zero attached hydrogens (tertiary/aromatic N) is 1. The molecule has 0 bridgehead atoms. The maximum Gasteiger partial charge on any atom is 0.308 e. The van der Waals surface area contributed by atoms with Gasteiger partial charge < -0.3 is 14.2 Å². The van der Waals surface area contributed by atoms with Crippen LogP contribution in [0.3, 0.4) is 0 Å². The van der Waals surface area contributed by atoms with Crippen molar-refractivity contribution < 1.29 is 28.6 Å². The molecule has 0 aromatic heterocycles. The molecule has 43 heavy (non-hydrogen) atoms. The van der Waals surface area contributed by atoms with E-state index in [1.165, 1.54) is 19.4 Å². The first-order valence-corrected chi connectivity index (χ1v) is 15.3. The van der Waals surface area contributed by atoms with Crippen molar-refractivity contribution in [1.82, 2.24) is 4.90 Å². The number of Topliss-reactive ketones (excluding diaryl/α,β-unsaturated/α-hetero) is 1. The second-order valence-electron chi connectivity index (χ2n) is 10.8. The standard InChI is InChI=1S/C36H45NO6/c1-29(38)42-28-34-25-33(20-21-36(34)43-30(2)39)35(40)27-37(26-32-18-9-6-10-19-32)22-12-3-4-13-23-41-24-14-11-17-31-15-7-5-8-16-31/h5-10,15-16,18-21,25H,3-4,11-14,17,22-24,26-28H2,1-2H3. The summed E-state index contributed by atoms with van der Waals surface area (Å²) in [5.41, 5.74) is 3.49. The van der Waals surface area contributed by atoms with E-state index < -0.39 is 11.9 Å². The quantitative estimate of drug-likeness (QED) is 0.0612. The van der Waals surface area contributed by atoms with Crippen LogP contribution in [0, 0.1) is 0 Å². The number of rotatable bonds is 20. The lowest BCUT2D eigenvalue weighted by Crippen LogP contribution is -2.30. The number of hydrogen-bond acceptors (Lipinski definition) is 7. The van der Waals surface area contributed by atoms with Crippen molar-refractivity contribution in [2.24, 2.45) is 0 Å². The third-order valence-electron chi connectivity index (χ3n) is 7.04. The van der Waals surface area contributed by atoms with Crippen molar-refractivity contribution in [3.05, 3.63) is 101 Å². The molecule has 7 heteroatoms. The van der Waals surface area contributed by atoms with Crippen molar-refractivity contribution in [2.75, 3.05) is 26.3 Å². The van der Waals surface area contributed by atoms with Gasteiger partial charge in [-0.2, -0.15) is 0 Å². The summed E-state index contributed by atoms with van der Waals surface area (Å²) in [6.45, 7) is 5.85. The van der Waals surface area contributed by atoms with E-state index in [1.54, 1.807) is 18.2 Å². The molecule has 7 nitrogen and oxygen atoms in total. The molecule has 0 fully saturated rings. The maximum absolute atomic E-state index is 13.4. The largest absolute Gasteiger partial charge is 0.461 e. The molecule has 0 N–H and O–H groups in total. The Morgan fingerprint density at radius 1 is 0.698 bits per heavy atom. The van der Waals surface area contributed by atoms with Crippen molar-refractivity contribution in [1.29, 1.82) is 0 Å². The Labute approximate surface area is 256 Å². The smallest absolute Gasteiger partial charge is 0.308 e. The topological polar surface area (TPSA) is 82.1 Å². The summed E-state index contributed by atoms with van der Waals surface area (Å²) in [4.78, 5) is 38.4. The molecule has 0 spiro atoms. The van der Waals surface area contributed by atoms with Crippen LogP contribution >= 0.6 is 0 Å². The minimum Gasteiger partial charge on any atom is -0.461 e. The predicted molar refractivity (Wildman–Crippen MR) is 168 cm³/mol. The molecular formula is C36H45NO6. The van der Waals surface area contributed by atoms with Crippen molar-refractivity contribution >= 4 is 17.7 Å². The van der Waals surface area contributed by atoms with Crippen LogP contribution in [-0.2, 0) is 38.6 Å². The van der Waals surface area contributed by atoms with Gasteiger partial charge in [-0.1, -0.05) is 73.5 Å². The second-order valence-corrected chi connectivity index (χ2v) is 10.8. The van der Waals surface area contributed by atoms with Gasteiger partial charge in [0.1, 0.15) is 12.4 Å². The normalized spacial score (nSPS) is 11.0. The Kier molecular flexibility index (Phi) is 15.2. The Morgan fingerprint density at radius 2 is 1.35 bits per heavy atom. The fourth-order valence-corrected chi connectivity index (χ4v) is 4.82. The number of esters is 2. The molecule has 3 aromatic carbocycles. The molecule has 0 heterocycles. The van der Waals surface area contributed by atoms with Crippen LogP contribution in [0.4, 0.5) is 0 Å². The van der Waals surface area contributed by atoms with Crippen LogP contribution in [0.5, 0.6) is 5.75 Å². The van der Waals surface area contributed by atoms with Gasteiger partial charge in [-0.25, -0.2) is 0 Å². The van der Waals surface area contributed by atoms with Gasteiger partial charge in [-0.05, 0) is 68.0 Å². The lowest BCUT2D eigenvalue weighted by Gasteiger charge is -2.22. The van der Waals surface area contributed by atoms with E-state index in [2.05, 4.69) is 41.3 Å². The van der Waals surface area contributed by atoms with Gasteiger partial charge in [0.2, 0.25) is 0 Å². The Bertz CT molecular complexity index is 1260. The number of unbranched alkanes of at least 4 members (excludes halogenated alkanes) is 4. The van der Waals surface area contributed by atoms with Gasteiger partial charge in [-0.3, -0.25) is 19.3 Å². The van der Waals surface area contributed by atoms with Crippen LogP contribution in [0.25, 0.3) is 0 Å². The predicted octanol–water partition coefficient (Wildman–Crippen LogP) is 6.96. The summed E-state index contributed by atoms with van der Waals surface area (Å²) in [5.74, 6) is -0.704. The zero-order valence-corrected chi connectivity index (χ0v) is 25.6. The summed E-state index contributed by atoms with van der Waals surface area (Å²) in [6, 6.07) is 25.6. The third kappa shape index (κ3) is 13.8. The zero-order chi connectivity index (χ0) is 30.7. The van der Waals surface area contributed by atoms with E-state index in [-0.39, 0.29) is 24.7 Å². The first-order valence-electron chi connectivity index (χ1n) is 15.3. The van der Waals surface area contributed by atoms with Gasteiger partial charge in [0, 0.05) is 44.7 Å². The molecule has 3 rings (SSSR count). The first kappa shape index (κ1) is 33.7. The number of ether oxygens (including phenoxy) is 3. The number of hydrogen-bond donors (Lipinski definition) is 0. The van der Waals surface area contributed by atoms with Crippen LogP contribution in [0.15, 0.2) is 78.9 Å². The number of aryl methyl sites for hydroxylation is 1. The number of carbonyl (C=O) groups is 3. The lowest BCUT2D eigenvalue weighted by molar-refractivity contribution is -0.142. The minimum atomic E-state index is -0.484. The Hall–Kier alpha value is -3.81. The molecule has 230 valence electrons. The van der Waals surface area contributed by atoms with E-state index >= 15 is 0 Å². The van der Waals surface area contributed by atoms with E-state index in [0.717, 1.165) is 70.3 Å². The molecule has 0 radical (unpaired) electrons. The van der Waals surface area contributed by atoms with Crippen LogP contribution in [-0.4, -0.2) is 48.9 Å². The van der Waals surface area contributed by atoms with Gasteiger partial charge in [0.25, 0.3) is 0 Å². The highest BCUT2D eigenvalue weighted by Gasteiger charge is 2.17. The fourth-order valence-electron chi connectivity index (χ4n) is 4.82. The van der Waals surface area contributed by atoms with Gasteiger partial charge >= 0.3 is 11.9 Å². The highest BCUT2D eigenvalue weighted by atomic mass is 16.5. The van der Waals surface area contributed by atoms with E-state index in [4.69, 9.17) is 14.2 Å². The van der Waals surface area contributed by atoms with Gasteiger partial charge in [0.05, 0.1) is 6.54 Å². The van der Waals surface area contributed by atoms with E-state index in [9.17, 15) is 14.4 Å². The molecule has 0 aliphatic rings. The first-order chi connectivity index (χ1) is 20.9. The molecule has 0 aliphatic heterocycles. The van der Waals surface area contributed by atoms with Crippen LogP contribution in [0.1, 0.15) is 79.4 Å². The molecule has 0 aliphatic carbocycles. The number of benzene rings is 3. The van der Waals surface area contributed by atoms with Crippen molar-refractivity contribution in [3.8, 4) is 5.75 Å². The van der Waals surface area contributed by atoms with Gasteiger partial charge in [0.15, 0.2) is 5.78 Å². The van der Waals surface area contributed by atoms with Crippen molar-refractivity contribution in [2.45, 2.75) is 71.9 Å². The SMILES string of the molecule is CC(=O)OCc1cc(C(=O)CN(CCCCCCOCCCCc2ccccc2)Cc2ccccc2)ccc1OC(C)=O. The van der Waals surface area contributed by atoms with Crippen LogP contribution in [0.2, 0.25) is 0 Å². The fraction of sp³-hybridized carbons (Fsp3) is 0.417. The summed E-state index contributed by atoms with van der Waals surface area (Å²) in [5, 5.41) is 0. The molecule has 0 amide bonds.